The van der Waals surface area contributed by atoms with Gasteiger partial charge < -0.3 is 9.47 Å². The minimum absolute atomic E-state index is 0.0634. The van der Waals surface area contributed by atoms with E-state index in [4.69, 9.17) is 9.47 Å². The molecule has 6 heteroatoms. The van der Waals surface area contributed by atoms with Gasteiger partial charge >= 0.3 is 11.9 Å². The maximum absolute atomic E-state index is 11.5. The molecule has 1 atom stereocenters. The number of esters is 2. The van der Waals surface area contributed by atoms with Crippen LogP contribution >= 0.6 is 24.4 Å². The third-order valence-electron chi connectivity index (χ3n) is 1.92. The van der Waals surface area contributed by atoms with E-state index in [1.54, 1.807) is 18.7 Å². The van der Waals surface area contributed by atoms with Crippen molar-refractivity contribution in [2.75, 3.05) is 30.5 Å². The number of thiol groups is 1. The second-order valence-electron chi connectivity index (χ2n) is 3.78. The Morgan fingerprint density at radius 1 is 1.33 bits per heavy atom. The van der Waals surface area contributed by atoms with E-state index in [9.17, 15) is 9.59 Å². The van der Waals surface area contributed by atoms with Crippen LogP contribution in [0.25, 0.3) is 0 Å². The van der Waals surface area contributed by atoms with E-state index in [2.05, 4.69) is 19.2 Å². The van der Waals surface area contributed by atoms with Crippen molar-refractivity contribution < 1.29 is 19.1 Å². The van der Waals surface area contributed by atoms with Crippen LogP contribution in [-0.2, 0) is 19.1 Å². The number of rotatable bonds is 9. The van der Waals surface area contributed by atoms with E-state index in [0.29, 0.717) is 11.3 Å². The fraction of sp³-hybridized carbons (Fsp3) is 0.667. The number of ether oxygens (including phenoxy) is 2. The third-order valence-corrected chi connectivity index (χ3v) is 3.67. The smallest absolute Gasteiger partial charge is 0.333 e. The van der Waals surface area contributed by atoms with Crippen LogP contribution in [0.4, 0.5) is 0 Å². The maximum atomic E-state index is 11.5. The van der Waals surface area contributed by atoms with Crippen molar-refractivity contribution in [1.29, 1.82) is 0 Å². The van der Waals surface area contributed by atoms with Crippen LogP contribution in [0.1, 0.15) is 13.8 Å². The van der Waals surface area contributed by atoms with Gasteiger partial charge in [0.25, 0.3) is 0 Å². The minimum Gasteiger partial charge on any atom is -0.462 e. The highest BCUT2D eigenvalue weighted by molar-refractivity contribution is 8.00. The van der Waals surface area contributed by atoms with Crippen LogP contribution in [0.5, 0.6) is 0 Å². The summed E-state index contributed by atoms with van der Waals surface area (Å²) in [5.41, 5.74) is 0.331. The van der Waals surface area contributed by atoms with Gasteiger partial charge in [0.15, 0.2) is 0 Å². The molecule has 0 spiro atoms. The van der Waals surface area contributed by atoms with Crippen molar-refractivity contribution in [2.45, 2.75) is 13.8 Å². The molecule has 18 heavy (non-hydrogen) atoms. The lowest BCUT2D eigenvalue weighted by molar-refractivity contribution is -0.152. The summed E-state index contributed by atoms with van der Waals surface area (Å²) < 4.78 is 9.79. The Morgan fingerprint density at radius 2 is 1.94 bits per heavy atom. The number of hydrogen-bond donors (Lipinski definition) is 1. The lowest BCUT2D eigenvalue weighted by Gasteiger charge is -2.11. The molecule has 0 fully saturated rings. The fourth-order valence-electron chi connectivity index (χ4n) is 0.935. The monoisotopic (exact) mass is 292 g/mol. The predicted octanol–water partition coefficient (Wildman–Crippen LogP) is 1.95. The molecule has 4 nitrogen and oxygen atoms in total. The summed E-state index contributed by atoms with van der Waals surface area (Å²) in [5, 5.41) is 0. The molecule has 0 amide bonds. The van der Waals surface area contributed by atoms with Crippen molar-refractivity contribution in [3.63, 3.8) is 0 Å². The van der Waals surface area contributed by atoms with E-state index in [1.165, 1.54) is 0 Å². The largest absolute Gasteiger partial charge is 0.462 e. The Bertz CT molecular complexity index is 292. The van der Waals surface area contributed by atoms with Gasteiger partial charge in [-0.25, -0.2) is 4.79 Å². The SMILES string of the molecule is C=C(C)C(=O)OCCOC(=O)C(C)CSCCS. The molecule has 104 valence electrons. The van der Waals surface area contributed by atoms with E-state index >= 15 is 0 Å². The summed E-state index contributed by atoms with van der Waals surface area (Å²) in [6, 6.07) is 0. The van der Waals surface area contributed by atoms with Gasteiger partial charge in [-0.05, 0) is 12.7 Å². The number of carbonyl (C=O) groups is 2. The summed E-state index contributed by atoms with van der Waals surface area (Å²) in [6.07, 6.45) is 0. The van der Waals surface area contributed by atoms with Crippen LogP contribution in [0.15, 0.2) is 12.2 Å². The first-order valence-electron chi connectivity index (χ1n) is 5.67. The first kappa shape index (κ1) is 17.4. The van der Waals surface area contributed by atoms with Crippen molar-refractivity contribution in [3.8, 4) is 0 Å². The van der Waals surface area contributed by atoms with Crippen LogP contribution in [-0.4, -0.2) is 42.4 Å². The van der Waals surface area contributed by atoms with Crippen LogP contribution in [0, 0.1) is 5.92 Å². The zero-order valence-corrected chi connectivity index (χ0v) is 12.5. The van der Waals surface area contributed by atoms with Crippen molar-refractivity contribution in [3.05, 3.63) is 12.2 Å². The Labute approximate surface area is 118 Å². The molecule has 0 aromatic heterocycles. The molecule has 0 saturated heterocycles. The first-order chi connectivity index (χ1) is 8.49. The minimum atomic E-state index is -0.469. The summed E-state index contributed by atoms with van der Waals surface area (Å²) in [6.45, 7) is 6.97. The molecule has 0 bridgehead atoms. The number of hydrogen-bond acceptors (Lipinski definition) is 6. The molecule has 0 aliphatic heterocycles. The van der Waals surface area contributed by atoms with Gasteiger partial charge in [-0.2, -0.15) is 24.4 Å². The lowest BCUT2D eigenvalue weighted by Crippen LogP contribution is -2.20. The summed E-state index contributed by atoms with van der Waals surface area (Å²) in [4.78, 5) is 22.5. The van der Waals surface area contributed by atoms with Crippen LogP contribution < -0.4 is 0 Å². The van der Waals surface area contributed by atoms with E-state index < -0.39 is 5.97 Å². The highest BCUT2D eigenvalue weighted by atomic mass is 32.2. The zero-order chi connectivity index (χ0) is 14.0. The molecule has 0 N–H and O–H groups in total. The van der Waals surface area contributed by atoms with Gasteiger partial charge in [-0.15, -0.1) is 0 Å². The second kappa shape index (κ2) is 10.3. The Balaban J connectivity index is 3.63. The molecule has 0 aliphatic carbocycles. The molecular formula is C12H20O4S2. The average molecular weight is 292 g/mol. The first-order valence-corrected chi connectivity index (χ1v) is 7.45. The standard InChI is InChI=1S/C12H20O4S2/c1-9(2)11(13)15-4-5-16-12(14)10(3)8-18-7-6-17/h10,17H,1,4-8H2,2-3H3. The number of carbonyl (C=O) groups excluding carboxylic acids is 2. The van der Waals surface area contributed by atoms with Crippen LogP contribution in [0.3, 0.4) is 0 Å². The highest BCUT2D eigenvalue weighted by Gasteiger charge is 2.14. The average Bonchev–Trinajstić information content (AvgIpc) is 2.33. The van der Waals surface area contributed by atoms with Crippen molar-refractivity contribution >= 4 is 36.3 Å². The molecule has 0 saturated carbocycles. The van der Waals surface area contributed by atoms with Gasteiger partial charge in [-0.1, -0.05) is 13.5 Å². The highest BCUT2D eigenvalue weighted by Crippen LogP contribution is 2.10. The summed E-state index contributed by atoms with van der Waals surface area (Å²) in [5.74, 6) is 1.52. The van der Waals surface area contributed by atoms with Gasteiger partial charge in [0.05, 0.1) is 5.92 Å². The zero-order valence-electron chi connectivity index (χ0n) is 10.8. The Kier molecular flexibility index (Phi) is 9.96. The Hall–Kier alpha value is -0.620. The Morgan fingerprint density at radius 3 is 2.50 bits per heavy atom. The predicted molar refractivity (Wildman–Crippen MR) is 77.1 cm³/mol. The molecule has 0 radical (unpaired) electrons. The second-order valence-corrected chi connectivity index (χ2v) is 5.38. The molecule has 0 aromatic carbocycles. The van der Waals surface area contributed by atoms with Crippen molar-refractivity contribution in [1.82, 2.24) is 0 Å². The van der Waals surface area contributed by atoms with Gasteiger partial charge in [0.1, 0.15) is 13.2 Å². The van der Waals surface area contributed by atoms with E-state index in [1.807, 2.05) is 6.92 Å². The van der Waals surface area contributed by atoms with Gasteiger partial charge in [0, 0.05) is 17.1 Å². The lowest BCUT2D eigenvalue weighted by atomic mass is 10.2. The van der Waals surface area contributed by atoms with Gasteiger partial charge in [-0.3, -0.25) is 4.79 Å². The molecule has 0 aromatic rings. The topological polar surface area (TPSA) is 52.6 Å². The molecular weight excluding hydrogens is 272 g/mol. The van der Waals surface area contributed by atoms with Crippen molar-refractivity contribution in [2.24, 2.45) is 5.92 Å². The van der Waals surface area contributed by atoms with Gasteiger partial charge in [0.2, 0.25) is 0 Å². The summed E-state index contributed by atoms with van der Waals surface area (Å²) in [7, 11) is 0. The molecule has 1 unspecified atom stereocenters. The maximum Gasteiger partial charge on any atom is 0.333 e. The quantitative estimate of drug-likeness (QED) is 0.305. The molecule has 0 aliphatic rings. The van der Waals surface area contributed by atoms with Crippen LogP contribution in [0.2, 0.25) is 0 Å². The molecule has 0 rings (SSSR count). The number of thioether (sulfide) groups is 1. The normalized spacial score (nSPS) is 11.7. The molecule has 0 heterocycles. The third kappa shape index (κ3) is 8.47. The van der Waals surface area contributed by atoms with E-state index in [0.717, 1.165) is 11.5 Å². The summed E-state index contributed by atoms with van der Waals surface area (Å²) >= 11 is 5.75. The fourth-order valence-corrected chi connectivity index (χ4v) is 2.11. The van der Waals surface area contributed by atoms with E-state index in [-0.39, 0.29) is 25.1 Å².